The molecular formula is C26H52BrO6P. The molecule has 0 rings (SSSR count). The van der Waals surface area contributed by atoms with E-state index in [1.807, 2.05) is 0 Å². The van der Waals surface area contributed by atoms with Gasteiger partial charge in [-0.25, -0.2) is 4.57 Å². The number of ether oxygens (including phenoxy) is 1. The minimum absolute atomic E-state index is 0.00811. The van der Waals surface area contributed by atoms with Crippen LogP contribution in [0.4, 0.5) is 0 Å². The number of halogens is 1. The topological polar surface area (TPSA) is 82.1 Å². The van der Waals surface area contributed by atoms with Crippen molar-refractivity contribution < 1.29 is 28.0 Å². The van der Waals surface area contributed by atoms with Crippen molar-refractivity contribution in [3.8, 4) is 0 Å². The van der Waals surface area contributed by atoms with E-state index in [2.05, 4.69) is 22.9 Å². The predicted molar refractivity (Wildman–Crippen MR) is 145 cm³/mol. The van der Waals surface area contributed by atoms with Gasteiger partial charge in [-0.2, -0.15) is 0 Å². The molecule has 0 radical (unpaired) electrons. The molecule has 0 spiro atoms. The van der Waals surface area contributed by atoms with Crippen molar-refractivity contribution in [2.45, 2.75) is 123 Å². The van der Waals surface area contributed by atoms with Gasteiger partial charge in [-0.3, -0.25) is 9.05 Å². The number of alkyl halides is 1. The third-order valence-electron chi connectivity index (χ3n) is 5.88. The first-order valence-corrected chi connectivity index (χ1v) is 16.3. The lowest BCUT2D eigenvalue weighted by atomic mass is 10.0. The molecule has 2 atom stereocenters. The molecule has 0 aromatic heterocycles. The summed E-state index contributed by atoms with van der Waals surface area (Å²) < 4.78 is 27.3. The first-order chi connectivity index (χ1) is 16.4. The Labute approximate surface area is 218 Å². The predicted octanol–water partition coefficient (Wildman–Crippen LogP) is 8.39. The van der Waals surface area contributed by atoms with Crippen LogP contribution < -0.4 is 0 Å². The fraction of sp³-hybridized carbons (Fsp3) is 0.962. The third kappa shape index (κ3) is 25.3. The standard InChI is InChI=1S/C26H52BrO6P/c1-3-4-5-6-7-8-9-10-11-12-13-14-15-16-17-18-20-31-23-26(22-25(2)28)24-33-34(29,30)32-21-19-27/h26H,3-24H2,1-2H3,(H,29,30). The maximum atomic E-state index is 11.8. The molecule has 0 aliphatic heterocycles. The molecule has 0 bridgehead atoms. The average molecular weight is 572 g/mol. The quantitative estimate of drug-likeness (QED) is 0.0606. The van der Waals surface area contributed by atoms with Crippen molar-refractivity contribution in [3.05, 3.63) is 0 Å². The number of unbranched alkanes of at least 4 members (excludes halogenated alkanes) is 15. The normalized spacial score (nSPS) is 14.2. The zero-order valence-electron chi connectivity index (χ0n) is 21.9. The monoisotopic (exact) mass is 570 g/mol. The first-order valence-electron chi connectivity index (χ1n) is 13.7. The van der Waals surface area contributed by atoms with Crippen LogP contribution in [0.15, 0.2) is 0 Å². The Balaban J connectivity index is 3.57. The molecule has 34 heavy (non-hydrogen) atoms. The molecule has 0 aromatic carbocycles. The van der Waals surface area contributed by atoms with Gasteiger partial charge in [0, 0.05) is 24.3 Å². The van der Waals surface area contributed by atoms with Crippen LogP contribution in [-0.4, -0.2) is 42.4 Å². The molecule has 6 nitrogen and oxygen atoms in total. The second-order valence-corrected chi connectivity index (χ2v) is 11.7. The van der Waals surface area contributed by atoms with Crippen LogP contribution >= 0.6 is 23.8 Å². The van der Waals surface area contributed by atoms with Crippen LogP contribution in [0.3, 0.4) is 0 Å². The Hall–Kier alpha value is 0.220. The molecule has 0 fully saturated rings. The molecular weight excluding hydrogens is 519 g/mol. The highest BCUT2D eigenvalue weighted by atomic mass is 79.9. The van der Waals surface area contributed by atoms with E-state index in [0.717, 1.165) is 12.8 Å². The van der Waals surface area contributed by atoms with E-state index in [4.69, 9.17) is 13.8 Å². The van der Waals surface area contributed by atoms with Crippen molar-refractivity contribution in [2.75, 3.05) is 31.8 Å². The maximum absolute atomic E-state index is 11.8. The minimum Gasteiger partial charge on any atom is -0.381 e. The largest absolute Gasteiger partial charge is 0.472 e. The fourth-order valence-corrected chi connectivity index (χ4v) is 5.17. The lowest BCUT2D eigenvalue weighted by molar-refractivity contribution is -0.118. The average Bonchev–Trinajstić information content (AvgIpc) is 2.80. The van der Waals surface area contributed by atoms with Crippen molar-refractivity contribution in [2.24, 2.45) is 5.92 Å². The van der Waals surface area contributed by atoms with Gasteiger partial charge in [0.2, 0.25) is 0 Å². The zero-order valence-corrected chi connectivity index (χ0v) is 24.4. The molecule has 0 aliphatic rings. The second kappa shape index (κ2) is 24.9. The summed E-state index contributed by atoms with van der Waals surface area (Å²) in [6, 6.07) is 0. The molecule has 0 heterocycles. The van der Waals surface area contributed by atoms with E-state index >= 15 is 0 Å². The van der Waals surface area contributed by atoms with Gasteiger partial charge in [0.15, 0.2) is 0 Å². The van der Waals surface area contributed by atoms with Crippen LogP contribution in [0.1, 0.15) is 123 Å². The van der Waals surface area contributed by atoms with Crippen LogP contribution in [-0.2, 0) is 23.1 Å². The van der Waals surface area contributed by atoms with Gasteiger partial charge in [0.25, 0.3) is 0 Å². The number of ketones is 1. The molecule has 0 aromatic rings. The van der Waals surface area contributed by atoms with Crippen molar-refractivity contribution >= 4 is 29.5 Å². The highest BCUT2D eigenvalue weighted by Gasteiger charge is 2.23. The van der Waals surface area contributed by atoms with Gasteiger partial charge >= 0.3 is 7.82 Å². The molecule has 2 unspecified atom stereocenters. The molecule has 0 saturated heterocycles. The summed E-state index contributed by atoms with van der Waals surface area (Å²) in [5, 5.41) is 0.445. The van der Waals surface area contributed by atoms with E-state index in [-0.39, 0.29) is 31.3 Å². The summed E-state index contributed by atoms with van der Waals surface area (Å²) in [4.78, 5) is 21.1. The molecule has 0 amide bonds. The summed E-state index contributed by atoms with van der Waals surface area (Å²) in [5.74, 6) is -0.236. The Kier molecular flexibility index (Phi) is 25.1. The molecule has 204 valence electrons. The Bertz CT molecular complexity index is 506. The Morgan fingerprint density at radius 1 is 0.765 bits per heavy atom. The van der Waals surface area contributed by atoms with Crippen LogP contribution in [0, 0.1) is 5.92 Å². The minimum atomic E-state index is -4.08. The fourth-order valence-electron chi connectivity index (χ4n) is 3.96. The number of phosphoric acid groups is 1. The number of Topliss-reactive ketones (excluding diaryl/α,β-unsaturated/α-hetero) is 1. The van der Waals surface area contributed by atoms with E-state index in [9.17, 15) is 14.3 Å². The smallest absolute Gasteiger partial charge is 0.381 e. The Morgan fingerprint density at radius 3 is 1.68 bits per heavy atom. The number of hydrogen-bond donors (Lipinski definition) is 1. The number of hydrogen-bond acceptors (Lipinski definition) is 5. The molecule has 1 N–H and O–H groups in total. The van der Waals surface area contributed by atoms with Gasteiger partial charge in [-0.05, 0) is 13.3 Å². The first kappa shape index (κ1) is 34.2. The third-order valence-corrected chi connectivity index (χ3v) is 7.18. The van der Waals surface area contributed by atoms with E-state index in [1.54, 1.807) is 0 Å². The number of carbonyl (C=O) groups excluding carboxylic acids is 1. The second-order valence-electron chi connectivity index (χ2n) is 9.44. The SMILES string of the molecule is CCCCCCCCCCCCCCCCCCOCC(COP(=O)(O)OCCBr)CC(C)=O. The zero-order chi connectivity index (χ0) is 25.3. The highest BCUT2D eigenvalue weighted by Crippen LogP contribution is 2.43. The molecule has 0 aliphatic carbocycles. The summed E-state index contributed by atoms with van der Waals surface area (Å²) in [6.45, 7) is 4.81. The summed E-state index contributed by atoms with van der Waals surface area (Å²) >= 11 is 3.13. The van der Waals surface area contributed by atoms with E-state index < -0.39 is 7.82 Å². The van der Waals surface area contributed by atoms with E-state index in [0.29, 0.717) is 18.5 Å². The van der Waals surface area contributed by atoms with Crippen molar-refractivity contribution in [3.63, 3.8) is 0 Å². The van der Waals surface area contributed by atoms with Crippen molar-refractivity contribution in [1.82, 2.24) is 0 Å². The van der Waals surface area contributed by atoms with Gasteiger partial charge in [0.1, 0.15) is 5.78 Å². The summed E-state index contributed by atoms with van der Waals surface area (Å²) in [5.41, 5.74) is 0. The number of phosphoric ester groups is 1. The van der Waals surface area contributed by atoms with Crippen molar-refractivity contribution in [1.29, 1.82) is 0 Å². The van der Waals surface area contributed by atoms with Gasteiger partial charge in [0.05, 0.1) is 19.8 Å². The van der Waals surface area contributed by atoms with Gasteiger partial charge in [-0.15, -0.1) is 0 Å². The van der Waals surface area contributed by atoms with Gasteiger partial charge in [-0.1, -0.05) is 119 Å². The molecule has 0 saturated carbocycles. The van der Waals surface area contributed by atoms with E-state index in [1.165, 1.54) is 96.8 Å². The van der Waals surface area contributed by atoms with Gasteiger partial charge < -0.3 is 14.4 Å². The Morgan fingerprint density at radius 2 is 1.24 bits per heavy atom. The van der Waals surface area contributed by atoms with Crippen LogP contribution in [0.5, 0.6) is 0 Å². The van der Waals surface area contributed by atoms with Crippen LogP contribution in [0.25, 0.3) is 0 Å². The summed E-state index contributed by atoms with van der Waals surface area (Å²) in [6.07, 6.45) is 21.6. The lowest BCUT2D eigenvalue weighted by Gasteiger charge is -2.18. The highest BCUT2D eigenvalue weighted by molar-refractivity contribution is 9.09. The molecule has 8 heteroatoms. The summed E-state index contributed by atoms with van der Waals surface area (Å²) in [7, 11) is -4.08. The number of carbonyl (C=O) groups is 1. The lowest BCUT2D eigenvalue weighted by Crippen LogP contribution is -2.19. The number of rotatable bonds is 27. The maximum Gasteiger partial charge on any atom is 0.472 e. The van der Waals surface area contributed by atoms with Crippen LogP contribution in [0.2, 0.25) is 0 Å².